The molecule has 1 N–H and O–H groups in total. The maximum atomic E-state index is 4.35. The highest BCUT2D eigenvalue weighted by molar-refractivity contribution is 5.78. The molecular weight excluding hydrogens is 220 g/mol. The van der Waals surface area contributed by atoms with Crippen LogP contribution in [0.3, 0.4) is 0 Å². The van der Waals surface area contributed by atoms with E-state index >= 15 is 0 Å². The van der Waals surface area contributed by atoms with E-state index in [1.54, 1.807) is 0 Å². The lowest BCUT2D eigenvalue weighted by Gasteiger charge is -2.12. The molecule has 3 rings (SSSR count). The maximum absolute atomic E-state index is 4.35. The zero-order valence-corrected chi connectivity index (χ0v) is 10.9. The number of hydrogen-bond donors (Lipinski definition) is 1. The predicted molar refractivity (Wildman–Crippen MR) is 75.4 cm³/mol. The predicted octanol–water partition coefficient (Wildman–Crippen LogP) is 3.51. The van der Waals surface area contributed by atoms with Gasteiger partial charge >= 0.3 is 0 Å². The minimum absolute atomic E-state index is 0.713. The molecule has 1 heterocycles. The van der Waals surface area contributed by atoms with Gasteiger partial charge in [-0.15, -0.1) is 0 Å². The number of nitrogens with zero attached hydrogens (tertiary/aromatic N) is 1. The lowest BCUT2D eigenvalue weighted by Crippen LogP contribution is -2.25. The van der Waals surface area contributed by atoms with Crippen molar-refractivity contribution in [2.24, 2.45) is 5.92 Å². The minimum atomic E-state index is 0.713. The Balaban J connectivity index is 1.67. The molecule has 1 aliphatic rings. The third kappa shape index (κ3) is 2.54. The van der Waals surface area contributed by atoms with E-state index < -0.39 is 0 Å². The van der Waals surface area contributed by atoms with Gasteiger partial charge in [-0.2, -0.15) is 0 Å². The third-order valence-electron chi connectivity index (χ3n) is 3.96. The molecular formula is C16H20N2. The van der Waals surface area contributed by atoms with Crippen molar-refractivity contribution >= 4 is 10.9 Å². The second-order valence-electron chi connectivity index (χ2n) is 5.53. The van der Waals surface area contributed by atoms with Gasteiger partial charge in [0.25, 0.3) is 0 Å². The van der Waals surface area contributed by atoms with Crippen molar-refractivity contribution in [1.29, 1.82) is 0 Å². The quantitative estimate of drug-likeness (QED) is 0.888. The Morgan fingerprint density at radius 1 is 1.28 bits per heavy atom. The summed E-state index contributed by atoms with van der Waals surface area (Å²) in [5.41, 5.74) is 2.44. The third-order valence-corrected chi connectivity index (χ3v) is 3.96. The fourth-order valence-electron chi connectivity index (χ4n) is 2.89. The average Bonchev–Trinajstić information content (AvgIpc) is 2.82. The second-order valence-corrected chi connectivity index (χ2v) is 5.53. The first-order valence-corrected chi connectivity index (χ1v) is 6.88. The van der Waals surface area contributed by atoms with E-state index in [0.717, 1.165) is 18.0 Å². The Labute approximate surface area is 108 Å². The Morgan fingerprint density at radius 2 is 2.22 bits per heavy atom. The monoisotopic (exact) mass is 240 g/mol. The van der Waals surface area contributed by atoms with Crippen LogP contribution >= 0.6 is 0 Å². The molecule has 2 unspecified atom stereocenters. The lowest BCUT2D eigenvalue weighted by molar-refractivity contribution is 0.502. The summed E-state index contributed by atoms with van der Waals surface area (Å²) in [6.07, 6.45) is 5.88. The van der Waals surface area contributed by atoms with Gasteiger partial charge in [0.1, 0.15) is 0 Å². The highest BCUT2D eigenvalue weighted by Gasteiger charge is 2.20. The molecule has 2 atom stereocenters. The zero-order chi connectivity index (χ0) is 12.4. The molecule has 0 bridgehead atoms. The number of rotatable bonds is 3. The number of fused-ring (bicyclic) bond motifs is 1. The molecule has 1 aliphatic carbocycles. The summed E-state index contributed by atoms with van der Waals surface area (Å²) in [5, 5.41) is 4.91. The van der Waals surface area contributed by atoms with Gasteiger partial charge in [0, 0.05) is 24.2 Å². The molecule has 0 radical (unpaired) electrons. The van der Waals surface area contributed by atoms with Crippen molar-refractivity contribution in [3.05, 3.63) is 42.1 Å². The van der Waals surface area contributed by atoms with Crippen LogP contribution in [0.15, 0.2) is 36.5 Å². The SMILES string of the molecule is CC1CCC(NCc2ccc3ncccc3c2)C1. The number of nitrogens with one attached hydrogen (secondary N) is 1. The number of benzene rings is 1. The van der Waals surface area contributed by atoms with Crippen LogP contribution in [-0.2, 0) is 6.54 Å². The first kappa shape index (κ1) is 11.7. The highest BCUT2D eigenvalue weighted by atomic mass is 14.9. The van der Waals surface area contributed by atoms with Crippen molar-refractivity contribution in [1.82, 2.24) is 10.3 Å². The van der Waals surface area contributed by atoms with E-state index in [1.165, 1.54) is 30.2 Å². The largest absolute Gasteiger partial charge is 0.310 e. The molecule has 2 aromatic rings. The Morgan fingerprint density at radius 3 is 3.06 bits per heavy atom. The van der Waals surface area contributed by atoms with E-state index in [2.05, 4.69) is 41.5 Å². The van der Waals surface area contributed by atoms with E-state index in [4.69, 9.17) is 0 Å². The van der Waals surface area contributed by atoms with E-state index in [-0.39, 0.29) is 0 Å². The molecule has 0 amide bonds. The molecule has 0 saturated heterocycles. The summed E-state index contributed by atoms with van der Waals surface area (Å²) in [5.74, 6) is 0.892. The normalized spacial score (nSPS) is 23.6. The smallest absolute Gasteiger partial charge is 0.0702 e. The van der Waals surface area contributed by atoms with Crippen molar-refractivity contribution in [3.8, 4) is 0 Å². The van der Waals surface area contributed by atoms with Gasteiger partial charge in [-0.1, -0.05) is 19.1 Å². The molecule has 1 fully saturated rings. The van der Waals surface area contributed by atoms with Crippen molar-refractivity contribution in [3.63, 3.8) is 0 Å². The van der Waals surface area contributed by atoms with Crippen LogP contribution in [0.4, 0.5) is 0 Å². The maximum Gasteiger partial charge on any atom is 0.0702 e. The lowest BCUT2D eigenvalue weighted by atomic mass is 10.1. The molecule has 0 aliphatic heterocycles. The van der Waals surface area contributed by atoms with Crippen molar-refractivity contribution in [2.45, 2.75) is 38.8 Å². The molecule has 1 aromatic carbocycles. The minimum Gasteiger partial charge on any atom is -0.310 e. The van der Waals surface area contributed by atoms with Crippen LogP contribution in [-0.4, -0.2) is 11.0 Å². The van der Waals surface area contributed by atoms with Crippen LogP contribution in [0.1, 0.15) is 31.7 Å². The Bertz CT molecular complexity index is 535. The fourth-order valence-corrected chi connectivity index (χ4v) is 2.89. The van der Waals surface area contributed by atoms with E-state index in [1.807, 2.05) is 12.3 Å². The Hall–Kier alpha value is -1.41. The van der Waals surface area contributed by atoms with Gasteiger partial charge in [-0.05, 0) is 48.9 Å². The topological polar surface area (TPSA) is 24.9 Å². The summed E-state index contributed by atoms with van der Waals surface area (Å²) < 4.78 is 0. The van der Waals surface area contributed by atoms with Crippen molar-refractivity contribution in [2.75, 3.05) is 0 Å². The first-order valence-electron chi connectivity index (χ1n) is 6.88. The average molecular weight is 240 g/mol. The molecule has 1 aromatic heterocycles. The standard InChI is InChI=1S/C16H20N2/c1-12-4-6-15(9-12)18-11-13-5-7-16-14(10-13)3-2-8-17-16/h2-3,5,7-8,10,12,15,18H,4,6,9,11H2,1H3. The summed E-state index contributed by atoms with van der Waals surface area (Å²) in [7, 11) is 0. The number of hydrogen-bond acceptors (Lipinski definition) is 2. The number of pyridine rings is 1. The molecule has 18 heavy (non-hydrogen) atoms. The summed E-state index contributed by atoms with van der Waals surface area (Å²) >= 11 is 0. The summed E-state index contributed by atoms with van der Waals surface area (Å²) in [4.78, 5) is 4.35. The fraction of sp³-hybridized carbons (Fsp3) is 0.438. The van der Waals surface area contributed by atoms with Crippen LogP contribution in [0, 0.1) is 5.92 Å². The van der Waals surface area contributed by atoms with Gasteiger partial charge in [-0.25, -0.2) is 0 Å². The van der Waals surface area contributed by atoms with Crippen LogP contribution < -0.4 is 5.32 Å². The molecule has 94 valence electrons. The Kier molecular flexibility index (Phi) is 3.28. The van der Waals surface area contributed by atoms with Gasteiger partial charge in [-0.3, -0.25) is 4.98 Å². The molecule has 2 nitrogen and oxygen atoms in total. The summed E-state index contributed by atoms with van der Waals surface area (Å²) in [6, 6.07) is 11.4. The van der Waals surface area contributed by atoms with Gasteiger partial charge in [0.2, 0.25) is 0 Å². The summed E-state index contributed by atoms with van der Waals surface area (Å²) in [6.45, 7) is 3.32. The molecule has 0 spiro atoms. The van der Waals surface area contributed by atoms with Crippen LogP contribution in [0.25, 0.3) is 10.9 Å². The van der Waals surface area contributed by atoms with Crippen molar-refractivity contribution < 1.29 is 0 Å². The van der Waals surface area contributed by atoms with Crippen LogP contribution in [0.2, 0.25) is 0 Å². The molecule has 2 heteroatoms. The number of aromatic nitrogens is 1. The zero-order valence-electron chi connectivity index (χ0n) is 10.9. The van der Waals surface area contributed by atoms with Crippen LogP contribution in [0.5, 0.6) is 0 Å². The second kappa shape index (κ2) is 5.07. The van der Waals surface area contributed by atoms with Gasteiger partial charge < -0.3 is 5.32 Å². The van der Waals surface area contributed by atoms with Gasteiger partial charge in [0.15, 0.2) is 0 Å². The van der Waals surface area contributed by atoms with Gasteiger partial charge in [0.05, 0.1) is 5.52 Å². The highest BCUT2D eigenvalue weighted by Crippen LogP contribution is 2.25. The van der Waals surface area contributed by atoms with E-state index in [9.17, 15) is 0 Å². The van der Waals surface area contributed by atoms with E-state index in [0.29, 0.717) is 6.04 Å². The first-order chi connectivity index (χ1) is 8.81. The molecule has 1 saturated carbocycles.